The molecule has 0 atom stereocenters. The molecule has 1 aromatic carbocycles. The van der Waals surface area contributed by atoms with Crippen molar-refractivity contribution in [2.45, 2.75) is 12.7 Å². The van der Waals surface area contributed by atoms with E-state index in [1.807, 2.05) is 4.72 Å². The molecule has 0 saturated carbocycles. The first-order chi connectivity index (χ1) is 12.3. The first-order valence-electron chi connectivity index (χ1n) is 7.49. The van der Waals surface area contributed by atoms with Crippen LogP contribution in [0.2, 0.25) is 0 Å². The minimum atomic E-state index is -4.07. The highest BCUT2D eigenvalue weighted by atomic mass is 32.2. The van der Waals surface area contributed by atoms with Crippen molar-refractivity contribution in [3.8, 4) is 5.88 Å². The molecule has 0 aliphatic heterocycles. The summed E-state index contributed by atoms with van der Waals surface area (Å²) in [6.07, 6.45) is 0. The summed E-state index contributed by atoms with van der Waals surface area (Å²) in [4.78, 5) is 27.9. The number of hydrogen-bond donors (Lipinski definition) is 1. The number of hydrogen-bond acceptors (Lipinski definition) is 7. The van der Waals surface area contributed by atoms with Gasteiger partial charge in [-0.2, -0.15) is 0 Å². The summed E-state index contributed by atoms with van der Waals surface area (Å²) in [6.45, 7) is 1.72. The van der Waals surface area contributed by atoms with Gasteiger partial charge in [0.1, 0.15) is 5.69 Å². The molecule has 1 N–H and O–H groups in total. The van der Waals surface area contributed by atoms with E-state index in [1.165, 1.54) is 32.4 Å². The molecule has 1 heterocycles. The van der Waals surface area contributed by atoms with Crippen molar-refractivity contribution in [2.75, 3.05) is 14.2 Å². The van der Waals surface area contributed by atoms with Gasteiger partial charge in [0.2, 0.25) is 15.9 Å². The number of carbonyl (C=O) groups is 2. The number of ether oxygens (including phenoxy) is 2. The van der Waals surface area contributed by atoms with Gasteiger partial charge in [-0.25, -0.2) is 22.9 Å². The molecule has 0 bridgehead atoms. The third-order valence-corrected chi connectivity index (χ3v) is 4.59. The Morgan fingerprint density at radius 2 is 1.85 bits per heavy atom. The normalized spacial score (nSPS) is 10.9. The van der Waals surface area contributed by atoms with E-state index in [4.69, 9.17) is 4.74 Å². The Bertz CT molecular complexity index is 940. The number of carbonyl (C=O) groups excluding carboxylic acids is 2. The first-order valence-corrected chi connectivity index (χ1v) is 9.14. The molecule has 138 valence electrons. The fourth-order valence-electron chi connectivity index (χ4n) is 2.25. The summed E-state index contributed by atoms with van der Waals surface area (Å²) in [5, 5.41) is 0. The Labute approximate surface area is 151 Å². The summed E-state index contributed by atoms with van der Waals surface area (Å²) in [6, 6.07) is 9.15. The maximum Gasteiger partial charge on any atom is 0.338 e. The molecule has 1 aromatic heterocycles. The van der Waals surface area contributed by atoms with Crippen LogP contribution in [0.1, 0.15) is 32.0 Å². The molecule has 0 saturated heterocycles. The van der Waals surface area contributed by atoms with Crippen LogP contribution in [0.3, 0.4) is 0 Å². The average Bonchev–Trinajstić information content (AvgIpc) is 2.60. The number of rotatable bonds is 6. The van der Waals surface area contributed by atoms with Crippen molar-refractivity contribution < 1.29 is 27.5 Å². The molecule has 1 amide bonds. The van der Waals surface area contributed by atoms with Gasteiger partial charge in [0.15, 0.2) is 0 Å². The van der Waals surface area contributed by atoms with Crippen LogP contribution in [0.15, 0.2) is 36.4 Å². The number of nitrogens with zero attached hydrogens (tertiary/aromatic N) is 1. The van der Waals surface area contributed by atoms with Crippen LogP contribution in [0.25, 0.3) is 0 Å². The molecule has 0 unspecified atom stereocenters. The predicted octanol–water partition coefficient (Wildman–Crippen LogP) is 1.45. The molecule has 9 heteroatoms. The van der Waals surface area contributed by atoms with E-state index in [2.05, 4.69) is 9.72 Å². The number of aromatic nitrogens is 1. The van der Waals surface area contributed by atoms with Gasteiger partial charge >= 0.3 is 5.97 Å². The predicted molar refractivity (Wildman–Crippen MR) is 93.4 cm³/mol. The zero-order valence-electron chi connectivity index (χ0n) is 14.5. The summed E-state index contributed by atoms with van der Waals surface area (Å²) >= 11 is 0. The van der Waals surface area contributed by atoms with Gasteiger partial charge in [-0.15, -0.1) is 0 Å². The Hall–Kier alpha value is -2.94. The van der Waals surface area contributed by atoms with Crippen LogP contribution in [-0.2, 0) is 20.5 Å². The lowest BCUT2D eigenvalue weighted by molar-refractivity contribution is 0.0599. The average molecular weight is 378 g/mol. The van der Waals surface area contributed by atoms with Crippen molar-refractivity contribution in [3.05, 3.63) is 58.8 Å². The maximum atomic E-state index is 12.3. The third-order valence-electron chi connectivity index (χ3n) is 3.40. The highest BCUT2D eigenvalue weighted by molar-refractivity contribution is 7.89. The number of nitrogens with one attached hydrogen (secondary N) is 1. The van der Waals surface area contributed by atoms with Gasteiger partial charge in [0.25, 0.3) is 5.91 Å². The van der Waals surface area contributed by atoms with E-state index in [9.17, 15) is 18.0 Å². The van der Waals surface area contributed by atoms with E-state index < -0.39 is 27.7 Å². The van der Waals surface area contributed by atoms with E-state index in [1.54, 1.807) is 25.1 Å². The maximum absolute atomic E-state index is 12.3. The molecule has 2 rings (SSSR count). The van der Waals surface area contributed by atoms with Crippen molar-refractivity contribution in [1.82, 2.24) is 9.71 Å². The molecular formula is C17H18N2O6S. The highest BCUT2D eigenvalue weighted by Gasteiger charge is 2.22. The Morgan fingerprint density at radius 3 is 2.50 bits per heavy atom. The summed E-state index contributed by atoms with van der Waals surface area (Å²) in [5.74, 6) is -1.91. The van der Waals surface area contributed by atoms with Gasteiger partial charge < -0.3 is 9.47 Å². The SMILES string of the molecule is COC(=O)c1ccccc1CS(=O)(=O)NC(=O)c1cc(C)cc(OC)n1. The second kappa shape index (κ2) is 7.96. The summed E-state index contributed by atoms with van der Waals surface area (Å²) in [7, 11) is -1.47. The van der Waals surface area contributed by atoms with Gasteiger partial charge in [0, 0.05) is 6.07 Å². The van der Waals surface area contributed by atoms with Crippen LogP contribution in [0.5, 0.6) is 5.88 Å². The molecule has 0 aliphatic carbocycles. The Morgan fingerprint density at radius 1 is 1.15 bits per heavy atom. The molecule has 0 spiro atoms. The van der Waals surface area contributed by atoms with Crippen molar-refractivity contribution in [3.63, 3.8) is 0 Å². The van der Waals surface area contributed by atoms with Crippen LogP contribution in [0, 0.1) is 6.92 Å². The number of esters is 1. The second-order valence-corrected chi connectivity index (χ2v) is 7.13. The monoisotopic (exact) mass is 378 g/mol. The van der Waals surface area contributed by atoms with Gasteiger partial charge in [-0.05, 0) is 30.2 Å². The molecular weight excluding hydrogens is 360 g/mol. The quantitative estimate of drug-likeness (QED) is 0.757. The van der Waals surface area contributed by atoms with Crippen molar-refractivity contribution in [1.29, 1.82) is 0 Å². The molecule has 0 aliphatic rings. The molecule has 8 nitrogen and oxygen atoms in total. The fourth-order valence-corrected chi connectivity index (χ4v) is 3.37. The Balaban J connectivity index is 2.23. The lowest BCUT2D eigenvalue weighted by Crippen LogP contribution is -2.32. The number of sulfonamides is 1. The number of aryl methyl sites for hydroxylation is 1. The van der Waals surface area contributed by atoms with Gasteiger partial charge in [0.05, 0.1) is 25.5 Å². The summed E-state index contributed by atoms with van der Waals surface area (Å²) in [5.41, 5.74) is 0.930. The lowest BCUT2D eigenvalue weighted by atomic mass is 10.1. The molecule has 26 heavy (non-hydrogen) atoms. The van der Waals surface area contributed by atoms with Crippen molar-refractivity contribution >= 4 is 21.9 Å². The van der Waals surface area contributed by atoms with E-state index in [0.29, 0.717) is 5.56 Å². The third kappa shape index (κ3) is 4.79. The fraction of sp³-hybridized carbons (Fsp3) is 0.235. The minimum Gasteiger partial charge on any atom is -0.481 e. The minimum absolute atomic E-state index is 0.0910. The zero-order valence-corrected chi connectivity index (χ0v) is 15.3. The number of amides is 1. The number of methoxy groups -OCH3 is 2. The van der Waals surface area contributed by atoms with E-state index in [0.717, 1.165) is 0 Å². The summed E-state index contributed by atoms with van der Waals surface area (Å²) < 4.78 is 36.2. The molecule has 0 fully saturated rings. The molecule has 2 aromatic rings. The van der Waals surface area contributed by atoms with Gasteiger partial charge in [-0.1, -0.05) is 18.2 Å². The van der Waals surface area contributed by atoms with Crippen LogP contribution >= 0.6 is 0 Å². The zero-order chi connectivity index (χ0) is 19.3. The van der Waals surface area contributed by atoms with E-state index >= 15 is 0 Å². The largest absolute Gasteiger partial charge is 0.481 e. The highest BCUT2D eigenvalue weighted by Crippen LogP contribution is 2.15. The number of benzene rings is 1. The van der Waals surface area contributed by atoms with Crippen LogP contribution in [-0.4, -0.2) is 39.5 Å². The van der Waals surface area contributed by atoms with Crippen LogP contribution < -0.4 is 9.46 Å². The van der Waals surface area contributed by atoms with Crippen LogP contribution in [0.4, 0.5) is 0 Å². The van der Waals surface area contributed by atoms with Gasteiger partial charge in [-0.3, -0.25) is 4.79 Å². The molecule has 0 radical (unpaired) electrons. The first kappa shape index (κ1) is 19.4. The topological polar surface area (TPSA) is 112 Å². The second-order valence-electron chi connectivity index (χ2n) is 5.41. The smallest absolute Gasteiger partial charge is 0.338 e. The van der Waals surface area contributed by atoms with Crippen molar-refractivity contribution in [2.24, 2.45) is 0 Å². The lowest BCUT2D eigenvalue weighted by Gasteiger charge is -2.10. The standard InChI is InChI=1S/C17H18N2O6S/c1-11-8-14(18-15(9-11)24-2)16(20)19-26(22,23)10-12-6-4-5-7-13(12)17(21)25-3/h4-9H,10H2,1-3H3,(H,19,20). The Kier molecular flexibility index (Phi) is 5.93. The number of pyridine rings is 1. The van der Waals surface area contributed by atoms with E-state index in [-0.39, 0.29) is 22.7 Å².